The minimum atomic E-state index is -3.84. The number of halogens is 2. The summed E-state index contributed by atoms with van der Waals surface area (Å²) in [4.78, 5) is 6.27. The number of nitrogens with one attached hydrogen (secondary N) is 1. The van der Waals surface area contributed by atoms with Crippen LogP contribution in [-0.4, -0.2) is 35.8 Å². The second-order valence-electron chi connectivity index (χ2n) is 8.76. The zero-order valence-corrected chi connectivity index (χ0v) is 20.1. The van der Waals surface area contributed by atoms with Crippen LogP contribution in [0.1, 0.15) is 49.4 Å². The van der Waals surface area contributed by atoms with Gasteiger partial charge in [-0.05, 0) is 49.1 Å². The van der Waals surface area contributed by atoms with Crippen molar-refractivity contribution in [1.29, 1.82) is 0 Å². The second kappa shape index (κ2) is 9.20. The molecule has 2 aromatic carbocycles. The summed E-state index contributed by atoms with van der Waals surface area (Å²) < 4.78 is 65.3. The van der Waals surface area contributed by atoms with Gasteiger partial charge in [-0.15, -0.1) is 0 Å². The van der Waals surface area contributed by atoms with Crippen molar-refractivity contribution in [2.45, 2.75) is 43.2 Å². The molecule has 0 saturated carbocycles. The highest BCUT2D eigenvalue weighted by Gasteiger charge is 2.36. The third-order valence-corrected chi connectivity index (χ3v) is 8.57. The highest BCUT2D eigenvalue weighted by molar-refractivity contribution is 7.93. The van der Waals surface area contributed by atoms with Crippen LogP contribution in [0.5, 0.6) is 5.75 Å². The lowest BCUT2D eigenvalue weighted by atomic mass is 9.85. The summed E-state index contributed by atoms with van der Waals surface area (Å²) in [5.74, 6) is -0.737. The van der Waals surface area contributed by atoms with E-state index in [9.17, 15) is 17.2 Å². The third-order valence-electron chi connectivity index (χ3n) is 6.52. The van der Waals surface area contributed by atoms with Gasteiger partial charge in [0.05, 0.1) is 11.5 Å². The van der Waals surface area contributed by atoms with E-state index in [0.717, 1.165) is 48.5 Å². The van der Waals surface area contributed by atoms with Crippen molar-refractivity contribution in [3.8, 4) is 5.75 Å². The van der Waals surface area contributed by atoms with E-state index in [2.05, 4.69) is 25.9 Å². The fourth-order valence-corrected chi connectivity index (χ4v) is 6.51. The van der Waals surface area contributed by atoms with Gasteiger partial charge in [0, 0.05) is 41.7 Å². The van der Waals surface area contributed by atoms with Crippen LogP contribution in [0.15, 0.2) is 47.6 Å². The standard InChI is InChI=1S/C23H24F2N4O3S2/c1-14-6-8-29(21(10-14)15-2-5-18(24)19(25)11-15)20-7-9-32-22-12-16(3-4-17(20)22)34(30,31)28-23-26-13-27-33-23/h2-5,11-14,20-21H,6-10H2,1H3,(H,26,27,28)/t14-,20+,21-/m1/s1. The molecule has 2 aliphatic rings. The van der Waals surface area contributed by atoms with E-state index in [1.165, 1.54) is 24.5 Å². The first-order chi connectivity index (χ1) is 16.3. The van der Waals surface area contributed by atoms with Gasteiger partial charge < -0.3 is 4.74 Å². The Labute approximate surface area is 201 Å². The average Bonchev–Trinajstić information content (AvgIpc) is 3.32. The number of ether oxygens (including phenoxy) is 1. The Kier molecular flexibility index (Phi) is 6.26. The molecule has 3 heterocycles. The number of benzene rings is 2. The highest BCUT2D eigenvalue weighted by Crippen LogP contribution is 2.45. The molecule has 7 nitrogen and oxygen atoms in total. The summed E-state index contributed by atoms with van der Waals surface area (Å²) in [6.07, 6.45) is 3.82. The topological polar surface area (TPSA) is 84.4 Å². The van der Waals surface area contributed by atoms with E-state index < -0.39 is 21.7 Å². The largest absolute Gasteiger partial charge is 0.493 e. The van der Waals surface area contributed by atoms with Crippen molar-refractivity contribution in [3.05, 3.63) is 65.5 Å². The minimum absolute atomic E-state index is 0.0257. The van der Waals surface area contributed by atoms with Crippen molar-refractivity contribution in [2.24, 2.45) is 5.92 Å². The first-order valence-electron chi connectivity index (χ1n) is 11.1. The molecule has 0 unspecified atom stereocenters. The van der Waals surface area contributed by atoms with Crippen molar-refractivity contribution in [3.63, 3.8) is 0 Å². The molecule has 180 valence electrons. The van der Waals surface area contributed by atoms with Crippen molar-refractivity contribution in [1.82, 2.24) is 14.3 Å². The third kappa shape index (κ3) is 4.51. The van der Waals surface area contributed by atoms with Gasteiger partial charge in [-0.3, -0.25) is 9.62 Å². The minimum Gasteiger partial charge on any atom is -0.493 e. The summed E-state index contributed by atoms with van der Waals surface area (Å²) in [6.45, 7) is 3.40. The molecule has 3 aromatic rings. The first-order valence-corrected chi connectivity index (χ1v) is 13.3. The quantitative estimate of drug-likeness (QED) is 0.529. The number of sulfonamides is 1. The van der Waals surface area contributed by atoms with Gasteiger partial charge in [0.15, 0.2) is 11.6 Å². The number of anilines is 1. The molecule has 1 fully saturated rings. The van der Waals surface area contributed by atoms with E-state index in [-0.39, 0.29) is 22.1 Å². The number of likely N-dealkylation sites (tertiary alicyclic amines) is 1. The van der Waals surface area contributed by atoms with Gasteiger partial charge in [0.2, 0.25) is 5.13 Å². The summed E-state index contributed by atoms with van der Waals surface area (Å²) >= 11 is 0.953. The van der Waals surface area contributed by atoms with Crippen molar-refractivity contribution >= 4 is 26.7 Å². The number of rotatable bonds is 5. The number of fused-ring (bicyclic) bond motifs is 1. The Morgan fingerprint density at radius 2 is 1.97 bits per heavy atom. The molecular weight excluding hydrogens is 482 g/mol. The SMILES string of the molecule is C[C@@H]1CCN([C@H]2CCOc3cc(S(=O)(=O)Nc4ncns4)ccc32)[C@@H](c2ccc(F)c(F)c2)C1. The predicted molar refractivity (Wildman–Crippen MR) is 124 cm³/mol. The van der Waals surface area contributed by atoms with Gasteiger partial charge in [-0.25, -0.2) is 22.2 Å². The van der Waals surface area contributed by atoms with Gasteiger partial charge in [0.25, 0.3) is 10.0 Å². The summed E-state index contributed by atoms with van der Waals surface area (Å²) in [6, 6.07) is 8.91. The number of nitrogens with zero attached hydrogens (tertiary/aromatic N) is 3. The molecule has 1 aromatic heterocycles. The van der Waals surface area contributed by atoms with Gasteiger partial charge in [-0.1, -0.05) is 19.1 Å². The lowest BCUT2D eigenvalue weighted by Crippen LogP contribution is -2.40. The van der Waals surface area contributed by atoms with Crippen LogP contribution in [0, 0.1) is 17.6 Å². The molecule has 0 spiro atoms. The fourth-order valence-electron chi connectivity index (χ4n) is 4.83. The van der Waals surface area contributed by atoms with E-state index in [1.54, 1.807) is 18.2 Å². The van der Waals surface area contributed by atoms with Crippen LogP contribution in [0.25, 0.3) is 0 Å². The molecule has 0 amide bonds. The second-order valence-corrected chi connectivity index (χ2v) is 11.2. The monoisotopic (exact) mass is 506 g/mol. The summed E-state index contributed by atoms with van der Waals surface area (Å²) in [5, 5.41) is 0.188. The predicted octanol–water partition coefficient (Wildman–Crippen LogP) is 4.91. The molecule has 11 heteroatoms. The molecule has 1 N–H and O–H groups in total. The van der Waals surface area contributed by atoms with Gasteiger partial charge in [0.1, 0.15) is 12.1 Å². The van der Waals surface area contributed by atoms with E-state index >= 15 is 0 Å². The van der Waals surface area contributed by atoms with Crippen LogP contribution in [-0.2, 0) is 10.0 Å². The number of piperidine rings is 1. The average molecular weight is 507 g/mol. The smallest absolute Gasteiger partial charge is 0.263 e. The van der Waals surface area contributed by atoms with Crippen LogP contribution >= 0.6 is 11.5 Å². The van der Waals surface area contributed by atoms with E-state index in [0.29, 0.717) is 18.3 Å². The first kappa shape index (κ1) is 23.1. The van der Waals surface area contributed by atoms with E-state index in [4.69, 9.17) is 4.74 Å². The molecule has 0 radical (unpaired) electrons. The molecule has 2 aliphatic heterocycles. The molecule has 5 rings (SSSR count). The zero-order chi connectivity index (χ0) is 23.9. The zero-order valence-electron chi connectivity index (χ0n) is 18.4. The van der Waals surface area contributed by atoms with Gasteiger partial charge >= 0.3 is 0 Å². The number of hydrogen-bond donors (Lipinski definition) is 1. The lowest BCUT2D eigenvalue weighted by molar-refractivity contribution is 0.0486. The van der Waals surface area contributed by atoms with Crippen molar-refractivity contribution in [2.75, 3.05) is 17.9 Å². The van der Waals surface area contributed by atoms with Crippen molar-refractivity contribution < 1.29 is 21.9 Å². The Bertz CT molecular complexity index is 1290. The van der Waals surface area contributed by atoms with Crippen LogP contribution in [0.4, 0.5) is 13.9 Å². The maximum absolute atomic E-state index is 14.0. The maximum atomic E-state index is 14.0. The molecule has 0 aliphatic carbocycles. The highest BCUT2D eigenvalue weighted by atomic mass is 32.2. The number of aromatic nitrogens is 2. The molecule has 3 atom stereocenters. The normalized spacial score (nSPS) is 23.2. The van der Waals surface area contributed by atoms with Gasteiger partial charge in [-0.2, -0.15) is 4.37 Å². The molecule has 0 bridgehead atoms. The Morgan fingerprint density at radius 1 is 1.12 bits per heavy atom. The Hall–Kier alpha value is -2.63. The Balaban J connectivity index is 1.46. The van der Waals surface area contributed by atoms with Crippen LogP contribution < -0.4 is 9.46 Å². The summed E-state index contributed by atoms with van der Waals surface area (Å²) in [7, 11) is -3.84. The summed E-state index contributed by atoms with van der Waals surface area (Å²) in [5.41, 5.74) is 1.64. The fraction of sp³-hybridized carbons (Fsp3) is 0.391. The van der Waals surface area contributed by atoms with E-state index in [1.807, 2.05) is 0 Å². The molecular formula is C23H24F2N4O3S2. The number of hydrogen-bond acceptors (Lipinski definition) is 7. The molecule has 1 saturated heterocycles. The van der Waals surface area contributed by atoms with Crippen LogP contribution in [0.2, 0.25) is 0 Å². The lowest BCUT2D eigenvalue weighted by Gasteiger charge is -2.45. The Morgan fingerprint density at radius 3 is 2.74 bits per heavy atom. The van der Waals surface area contributed by atoms with Crippen LogP contribution in [0.3, 0.4) is 0 Å². The maximum Gasteiger partial charge on any atom is 0.263 e. The molecule has 34 heavy (non-hydrogen) atoms.